The predicted molar refractivity (Wildman–Crippen MR) is 79.4 cm³/mol. The minimum absolute atomic E-state index is 0.00784. The Morgan fingerprint density at radius 3 is 2.57 bits per heavy atom. The first kappa shape index (κ1) is 14.5. The third-order valence-electron chi connectivity index (χ3n) is 2.62. The summed E-state index contributed by atoms with van der Waals surface area (Å²) in [6.45, 7) is 2.99. The molecule has 108 valence electrons. The van der Waals surface area contributed by atoms with Gasteiger partial charge >= 0.3 is 5.63 Å². The quantitative estimate of drug-likeness (QED) is 0.847. The first-order valence-electron chi connectivity index (χ1n) is 6.21. The summed E-state index contributed by atoms with van der Waals surface area (Å²) in [4.78, 5) is 26.6. The van der Waals surface area contributed by atoms with Gasteiger partial charge in [0.05, 0.1) is 5.69 Å². The molecule has 0 aliphatic rings. The van der Waals surface area contributed by atoms with Crippen molar-refractivity contribution in [1.82, 2.24) is 0 Å². The fourth-order valence-corrected chi connectivity index (χ4v) is 1.70. The zero-order valence-corrected chi connectivity index (χ0v) is 11.6. The number of amides is 1. The molecule has 0 bridgehead atoms. The summed E-state index contributed by atoms with van der Waals surface area (Å²) in [5.41, 5.74) is 0.570. The molecule has 0 radical (unpaired) electrons. The van der Waals surface area contributed by atoms with E-state index in [0.717, 1.165) is 0 Å². The van der Waals surface area contributed by atoms with Gasteiger partial charge in [-0.3, -0.25) is 9.79 Å². The summed E-state index contributed by atoms with van der Waals surface area (Å²) >= 11 is 0. The average Bonchev–Trinajstić information content (AvgIpc) is 2.38. The van der Waals surface area contributed by atoms with Crippen molar-refractivity contribution in [2.75, 3.05) is 5.32 Å². The minimum Gasteiger partial charge on any atom is -0.507 e. The molecule has 1 aromatic heterocycles. The number of aliphatic imine (C=N–C) groups is 1. The number of nitrogens with one attached hydrogen (secondary N) is 1. The van der Waals surface area contributed by atoms with Gasteiger partial charge in [-0.1, -0.05) is 0 Å². The molecule has 0 aliphatic carbocycles. The van der Waals surface area contributed by atoms with Crippen molar-refractivity contribution in [3.63, 3.8) is 0 Å². The van der Waals surface area contributed by atoms with Gasteiger partial charge in [-0.05, 0) is 31.2 Å². The van der Waals surface area contributed by atoms with Crippen LogP contribution in [0, 0.1) is 6.92 Å². The van der Waals surface area contributed by atoms with Crippen LogP contribution in [0.1, 0.15) is 18.2 Å². The second-order valence-electron chi connectivity index (χ2n) is 4.43. The van der Waals surface area contributed by atoms with E-state index in [1.54, 1.807) is 31.2 Å². The number of nitrogens with zero attached hydrogens (tertiary/aromatic N) is 1. The average molecular weight is 286 g/mol. The molecule has 6 nitrogen and oxygen atoms in total. The van der Waals surface area contributed by atoms with E-state index in [9.17, 15) is 14.7 Å². The maximum Gasteiger partial charge on any atom is 0.348 e. The molecule has 1 amide bonds. The van der Waals surface area contributed by atoms with Crippen molar-refractivity contribution in [2.45, 2.75) is 13.8 Å². The summed E-state index contributed by atoms with van der Waals surface area (Å²) in [6, 6.07) is 8.07. The summed E-state index contributed by atoms with van der Waals surface area (Å²) in [7, 11) is 0. The monoisotopic (exact) mass is 286 g/mol. The molecule has 1 heterocycles. The van der Waals surface area contributed by atoms with E-state index in [-0.39, 0.29) is 17.2 Å². The molecule has 2 N–H and O–H groups in total. The number of anilines is 1. The molecular weight excluding hydrogens is 272 g/mol. The molecule has 0 saturated heterocycles. The van der Waals surface area contributed by atoms with Gasteiger partial charge in [0.2, 0.25) is 5.91 Å². The SMILES string of the molecule is CC(=O)Nc1ccc(N=Cc2c(O)cc(C)oc2=O)cc1. The zero-order chi connectivity index (χ0) is 15.4. The number of aryl methyl sites for hydroxylation is 1. The van der Waals surface area contributed by atoms with Crippen LogP contribution in [0.5, 0.6) is 5.75 Å². The number of aromatic hydroxyl groups is 1. The summed E-state index contributed by atoms with van der Waals surface area (Å²) in [6.07, 6.45) is 1.24. The van der Waals surface area contributed by atoms with E-state index in [4.69, 9.17) is 4.42 Å². The van der Waals surface area contributed by atoms with E-state index < -0.39 is 5.63 Å². The number of hydrogen-bond acceptors (Lipinski definition) is 5. The molecule has 0 saturated carbocycles. The smallest absolute Gasteiger partial charge is 0.348 e. The number of rotatable bonds is 3. The molecule has 6 heteroatoms. The third-order valence-corrected chi connectivity index (χ3v) is 2.62. The lowest BCUT2D eigenvalue weighted by molar-refractivity contribution is -0.114. The lowest BCUT2D eigenvalue weighted by Crippen LogP contribution is -2.07. The summed E-state index contributed by atoms with van der Waals surface area (Å²) in [5.74, 6) is -0.00915. The van der Waals surface area contributed by atoms with Gasteiger partial charge in [0.25, 0.3) is 0 Å². The number of carbonyl (C=O) groups is 1. The molecule has 0 unspecified atom stereocenters. The Balaban J connectivity index is 2.22. The molecule has 0 fully saturated rings. The molecule has 2 rings (SSSR count). The van der Waals surface area contributed by atoms with E-state index in [0.29, 0.717) is 17.1 Å². The van der Waals surface area contributed by atoms with Crippen molar-refractivity contribution in [1.29, 1.82) is 0 Å². The largest absolute Gasteiger partial charge is 0.507 e. The van der Waals surface area contributed by atoms with Crippen LogP contribution in [0.2, 0.25) is 0 Å². The number of hydrogen-bond donors (Lipinski definition) is 2. The van der Waals surface area contributed by atoms with Crippen LogP contribution in [-0.2, 0) is 4.79 Å². The van der Waals surface area contributed by atoms with Crippen LogP contribution >= 0.6 is 0 Å². The first-order valence-corrected chi connectivity index (χ1v) is 6.21. The molecule has 0 spiro atoms. The standard InChI is InChI=1S/C15H14N2O4/c1-9-7-14(19)13(15(20)21-9)8-16-11-3-5-12(6-4-11)17-10(2)18/h3-8,19H,1-2H3,(H,17,18). The highest BCUT2D eigenvalue weighted by atomic mass is 16.4. The topological polar surface area (TPSA) is 91.9 Å². The summed E-state index contributed by atoms with van der Waals surface area (Å²) in [5, 5.41) is 12.3. The maximum atomic E-state index is 11.6. The summed E-state index contributed by atoms with van der Waals surface area (Å²) < 4.78 is 4.89. The minimum atomic E-state index is -0.647. The van der Waals surface area contributed by atoms with Crippen molar-refractivity contribution >= 4 is 23.5 Å². The second-order valence-corrected chi connectivity index (χ2v) is 4.43. The maximum absolute atomic E-state index is 11.6. The predicted octanol–water partition coefficient (Wildman–Crippen LogP) is 2.36. The molecule has 1 aromatic carbocycles. The van der Waals surface area contributed by atoms with E-state index >= 15 is 0 Å². The lowest BCUT2D eigenvalue weighted by atomic mass is 10.2. The normalized spacial score (nSPS) is 10.8. The Kier molecular flexibility index (Phi) is 4.18. The van der Waals surface area contributed by atoms with Crippen LogP contribution in [-0.4, -0.2) is 17.2 Å². The van der Waals surface area contributed by atoms with Crippen molar-refractivity contribution in [2.24, 2.45) is 4.99 Å². The van der Waals surface area contributed by atoms with Crippen LogP contribution in [0.15, 0.2) is 44.5 Å². The van der Waals surface area contributed by atoms with Crippen molar-refractivity contribution in [3.05, 3.63) is 52.1 Å². The van der Waals surface area contributed by atoms with Crippen LogP contribution < -0.4 is 10.9 Å². The van der Waals surface area contributed by atoms with Gasteiger partial charge in [-0.15, -0.1) is 0 Å². The first-order chi connectivity index (χ1) is 9.95. The Labute approximate surface area is 120 Å². The Morgan fingerprint density at radius 2 is 2.00 bits per heavy atom. The van der Waals surface area contributed by atoms with Crippen LogP contribution in [0.3, 0.4) is 0 Å². The Hall–Kier alpha value is -2.89. The fraction of sp³-hybridized carbons (Fsp3) is 0.133. The highest BCUT2D eigenvalue weighted by Gasteiger charge is 2.06. The van der Waals surface area contributed by atoms with E-state index in [1.807, 2.05) is 0 Å². The van der Waals surface area contributed by atoms with Crippen LogP contribution in [0.25, 0.3) is 0 Å². The highest BCUT2D eigenvalue weighted by Crippen LogP contribution is 2.18. The molecular formula is C15H14N2O4. The fourth-order valence-electron chi connectivity index (χ4n) is 1.70. The third kappa shape index (κ3) is 3.79. The second kappa shape index (κ2) is 6.04. The van der Waals surface area contributed by atoms with Gasteiger partial charge in [0.1, 0.15) is 17.1 Å². The zero-order valence-electron chi connectivity index (χ0n) is 11.6. The van der Waals surface area contributed by atoms with E-state index in [2.05, 4.69) is 10.3 Å². The molecule has 0 atom stereocenters. The molecule has 0 aliphatic heterocycles. The molecule has 2 aromatic rings. The lowest BCUT2D eigenvalue weighted by Gasteiger charge is -2.01. The van der Waals surface area contributed by atoms with Gasteiger partial charge in [0, 0.05) is 24.9 Å². The van der Waals surface area contributed by atoms with Crippen molar-refractivity contribution < 1.29 is 14.3 Å². The number of benzene rings is 1. The van der Waals surface area contributed by atoms with Gasteiger partial charge < -0.3 is 14.8 Å². The van der Waals surface area contributed by atoms with Gasteiger partial charge in [-0.2, -0.15) is 0 Å². The van der Waals surface area contributed by atoms with E-state index in [1.165, 1.54) is 19.2 Å². The van der Waals surface area contributed by atoms with Crippen molar-refractivity contribution in [3.8, 4) is 5.75 Å². The van der Waals surface area contributed by atoms with Crippen LogP contribution in [0.4, 0.5) is 11.4 Å². The number of carbonyl (C=O) groups excluding carboxylic acids is 1. The highest BCUT2D eigenvalue weighted by molar-refractivity contribution is 5.89. The van der Waals surface area contributed by atoms with Gasteiger partial charge in [-0.25, -0.2) is 4.79 Å². The molecule has 21 heavy (non-hydrogen) atoms. The van der Waals surface area contributed by atoms with Gasteiger partial charge in [0.15, 0.2) is 0 Å². The Morgan fingerprint density at radius 1 is 1.33 bits per heavy atom. The Bertz CT molecular complexity index is 745.